The van der Waals surface area contributed by atoms with E-state index in [0.29, 0.717) is 0 Å². The summed E-state index contributed by atoms with van der Waals surface area (Å²) in [5.74, 6) is 0. The average molecular weight is 151 g/mol. The average Bonchev–Trinajstić information content (AvgIpc) is 2.44. The van der Waals surface area contributed by atoms with Crippen molar-refractivity contribution in [3.63, 3.8) is 0 Å². The summed E-state index contributed by atoms with van der Waals surface area (Å²) >= 11 is 1.64. The molecular formula is C7H5NOS. The fraction of sp³-hybridized carbons (Fsp3) is 0. The molecule has 0 radical (unpaired) electrons. The molecule has 0 spiro atoms. The standard InChI is InChI=1S/C7H5NOS/c9-5-8-3-1-7-6(8)2-4-10-7/h1-5H. The summed E-state index contributed by atoms with van der Waals surface area (Å²) in [5.41, 5.74) is 1.00. The molecule has 0 N–H and O–H groups in total. The monoisotopic (exact) mass is 151 g/mol. The van der Waals surface area contributed by atoms with E-state index >= 15 is 0 Å². The highest BCUT2D eigenvalue weighted by atomic mass is 32.1. The summed E-state index contributed by atoms with van der Waals surface area (Å²) in [7, 11) is 0. The van der Waals surface area contributed by atoms with Crippen molar-refractivity contribution in [3.05, 3.63) is 23.7 Å². The van der Waals surface area contributed by atoms with E-state index in [0.717, 1.165) is 16.6 Å². The molecule has 2 heterocycles. The maximum Gasteiger partial charge on any atom is 0.218 e. The Labute approximate surface area is 61.7 Å². The molecule has 0 fully saturated rings. The summed E-state index contributed by atoms with van der Waals surface area (Å²) in [5, 5.41) is 1.98. The smallest absolute Gasteiger partial charge is 0.218 e. The number of hydrogen-bond donors (Lipinski definition) is 0. The number of nitrogens with zero attached hydrogens (tertiary/aromatic N) is 1. The molecule has 0 saturated heterocycles. The van der Waals surface area contributed by atoms with Crippen molar-refractivity contribution >= 4 is 28.0 Å². The molecule has 2 aromatic rings. The summed E-state index contributed by atoms with van der Waals surface area (Å²) in [6.07, 6.45) is 2.59. The molecule has 2 aromatic heterocycles. The largest absolute Gasteiger partial charge is 0.289 e. The lowest BCUT2D eigenvalue weighted by molar-refractivity contribution is 0.549. The Balaban J connectivity index is 2.88. The van der Waals surface area contributed by atoms with Crippen molar-refractivity contribution in [2.75, 3.05) is 0 Å². The van der Waals surface area contributed by atoms with Gasteiger partial charge in [-0.25, -0.2) is 0 Å². The Morgan fingerprint density at radius 3 is 3.20 bits per heavy atom. The van der Waals surface area contributed by atoms with Gasteiger partial charge in [0.25, 0.3) is 0 Å². The van der Waals surface area contributed by atoms with E-state index < -0.39 is 0 Å². The highest BCUT2D eigenvalue weighted by Gasteiger charge is 1.98. The number of hydrogen-bond acceptors (Lipinski definition) is 2. The fourth-order valence-electron chi connectivity index (χ4n) is 0.972. The molecular weight excluding hydrogens is 146 g/mol. The third kappa shape index (κ3) is 0.609. The van der Waals surface area contributed by atoms with Gasteiger partial charge in [0.1, 0.15) is 0 Å². The lowest BCUT2D eigenvalue weighted by Crippen LogP contribution is -1.88. The molecule has 0 bridgehead atoms. The predicted octanol–water partition coefficient (Wildman–Crippen LogP) is 1.74. The Kier molecular flexibility index (Phi) is 1.11. The maximum absolute atomic E-state index is 10.3. The van der Waals surface area contributed by atoms with Gasteiger partial charge in [-0.1, -0.05) is 0 Å². The van der Waals surface area contributed by atoms with Crippen LogP contribution < -0.4 is 0 Å². The van der Waals surface area contributed by atoms with Crippen LogP contribution in [0.3, 0.4) is 0 Å². The van der Waals surface area contributed by atoms with E-state index in [1.807, 2.05) is 17.5 Å². The minimum absolute atomic E-state index is 0.815. The number of rotatable bonds is 1. The fourth-order valence-corrected chi connectivity index (χ4v) is 1.75. The second-order valence-corrected chi connectivity index (χ2v) is 2.95. The van der Waals surface area contributed by atoms with Gasteiger partial charge in [-0.05, 0) is 17.5 Å². The lowest BCUT2D eigenvalue weighted by Gasteiger charge is -1.84. The first-order chi connectivity index (χ1) is 4.92. The molecule has 50 valence electrons. The highest BCUT2D eigenvalue weighted by molar-refractivity contribution is 7.17. The van der Waals surface area contributed by atoms with E-state index in [1.54, 1.807) is 22.1 Å². The first kappa shape index (κ1) is 5.68. The van der Waals surface area contributed by atoms with Crippen molar-refractivity contribution in [1.82, 2.24) is 4.57 Å². The topological polar surface area (TPSA) is 22.0 Å². The van der Waals surface area contributed by atoms with Crippen LogP contribution in [0.2, 0.25) is 0 Å². The number of thiophene rings is 1. The zero-order chi connectivity index (χ0) is 6.97. The summed E-state index contributed by atoms with van der Waals surface area (Å²) in [6.45, 7) is 0. The Hall–Kier alpha value is -1.09. The molecule has 0 aliphatic rings. The molecule has 10 heavy (non-hydrogen) atoms. The van der Waals surface area contributed by atoms with E-state index in [2.05, 4.69) is 0 Å². The minimum Gasteiger partial charge on any atom is -0.289 e. The minimum atomic E-state index is 0.815. The van der Waals surface area contributed by atoms with E-state index in [4.69, 9.17) is 0 Å². The molecule has 0 aromatic carbocycles. The molecule has 0 unspecified atom stereocenters. The Bertz CT molecular complexity index is 360. The predicted molar refractivity (Wildman–Crippen MR) is 42.0 cm³/mol. The second-order valence-electron chi connectivity index (χ2n) is 2.00. The molecule has 3 heteroatoms. The molecule has 0 saturated carbocycles. The quantitative estimate of drug-likeness (QED) is 0.569. The van der Waals surface area contributed by atoms with E-state index in [-0.39, 0.29) is 0 Å². The molecule has 0 amide bonds. The van der Waals surface area contributed by atoms with Crippen LogP contribution in [0.5, 0.6) is 0 Å². The van der Waals surface area contributed by atoms with Crippen LogP contribution in [-0.2, 0) is 4.79 Å². The van der Waals surface area contributed by atoms with Crippen molar-refractivity contribution in [3.8, 4) is 0 Å². The van der Waals surface area contributed by atoms with Crippen LogP contribution in [0.4, 0.5) is 0 Å². The van der Waals surface area contributed by atoms with Gasteiger partial charge < -0.3 is 0 Å². The SMILES string of the molecule is O=Cn1ccc2sccc21. The van der Waals surface area contributed by atoms with E-state index in [1.165, 1.54) is 0 Å². The van der Waals surface area contributed by atoms with Crippen LogP contribution in [0, 0.1) is 0 Å². The van der Waals surface area contributed by atoms with Crippen molar-refractivity contribution in [2.24, 2.45) is 0 Å². The lowest BCUT2D eigenvalue weighted by atomic mass is 10.5. The summed E-state index contributed by atoms with van der Waals surface area (Å²) in [6, 6.07) is 3.88. The van der Waals surface area contributed by atoms with E-state index in [9.17, 15) is 4.79 Å². The van der Waals surface area contributed by atoms with Gasteiger partial charge in [0.2, 0.25) is 6.41 Å². The van der Waals surface area contributed by atoms with Crippen molar-refractivity contribution in [2.45, 2.75) is 0 Å². The maximum atomic E-state index is 10.3. The summed E-state index contributed by atoms with van der Waals surface area (Å²) < 4.78 is 2.73. The third-order valence-corrected chi connectivity index (χ3v) is 2.32. The normalized spacial score (nSPS) is 10.4. The zero-order valence-corrected chi connectivity index (χ0v) is 5.97. The number of carbonyl (C=O) groups is 1. The number of carbonyl (C=O) groups excluding carboxylic acids is 1. The second kappa shape index (κ2) is 1.95. The van der Waals surface area contributed by atoms with Gasteiger partial charge in [0, 0.05) is 6.20 Å². The molecule has 0 atom stereocenters. The van der Waals surface area contributed by atoms with Crippen molar-refractivity contribution in [1.29, 1.82) is 0 Å². The number of fused-ring (bicyclic) bond motifs is 1. The zero-order valence-electron chi connectivity index (χ0n) is 5.15. The van der Waals surface area contributed by atoms with Crippen molar-refractivity contribution < 1.29 is 4.79 Å². The first-order valence-corrected chi connectivity index (χ1v) is 3.79. The van der Waals surface area contributed by atoms with Gasteiger partial charge in [-0.3, -0.25) is 9.36 Å². The third-order valence-electron chi connectivity index (χ3n) is 1.45. The van der Waals surface area contributed by atoms with Gasteiger partial charge in [0.15, 0.2) is 0 Å². The Morgan fingerprint density at radius 1 is 1.50 bits per heavy atom. The molecule has 2 rings (SSSR count). The molecule has 2 nitrogen and oxygen atoms in total. The summed E-state index contributed by atoms with van der Waals surface area (Å²) in [4.78, 5) is 10.3. The van der Waals surface area contributed by atoms with Gasteiger partial charge in [-0.2, -0.15) is 0 Å². The van der Waals surface area contributed by atoms with Crippen LogP contribution in [0.25, 0.3) is 10.2 Å². The molecule has 0 aliphatic carbocycles. The van der Waals surface area contributed by atoms with Crippen LogP contribution in [-0.4, -0.2) is 11.0 Å². The number of aromatic nitrogens is 1. The Morgan fingerprint density at radius 2 is 2.40 bits per heavy atom. The first-order valence-electron chi connectivity index (χ1n) is 2.91. The van der Waals surface area contributed by atoms with Gasteiger partial charge in [0.05, 0.1) is 10.2 Å². The highest BCUT2D eigenvalue weighted by Crippen LogP contribution is 2.20. The van der Waals surface area contributed by atoms with Crippen LogP contribution >= 0.6 is 11.3 Å². The molecule has 0 aliphatic heterocycles. The van der Waals surface area contributed by atoms with Gasteiger partial charge >= 0.3 is 0 Å². The van der Waals surface area contributed by atoms with Gasteiger partial charge in [-0.15, -0.1) is 11.3 Å². The van der Waals surface area contributed by atoms with Crippen LogP contribution in [0.1, 0.15) is 0 Å². The van der Waals surface area contributed by atoms with Crippen LogP contribution in [0.15, 0.2) is 23.7 Å².